The summed E-state index contributed by atoms with van der Waals surface area (Å²) in [5, 5.41) is 14.3. The lowest BCUT2D eigenvalue weighted by Crippen LogP contribution is -2.14. The number of anilines is 1. The molecule has 6 nitrogen and oxygen atoms in total. The zero-order chi connectivity index (χ0) is 13.8. The molecule has 1 amide bonds. The van der Waals surface area contributed by atoms with Crippen molar-refractivity contribution in [2.24, 2.45) is 0 Å². The summed E-state index contributed by atoms with van der Waals surface area (Å²) < 4.78 is 0.755. The minimum Gasteiger partial charge on any atom is -0.288 e. The maximum Gasteiger partial charge on any atom is 0.270 e. The molecule has 0 saturated heterocycles. The molecule has 2 aromatic rings. The van der Waals surface area contributed by atoms with Gasteiger partial charge in [-0.2, -0.15) is 4.80 Å². The number of hydrogen-bond donors (Lipinski definition) is 1. The monoisotopic (exact) mass is 341 g/mol. The third-order valence-corrected chi connectivity index (χ3v) is 2.97. The second-order valence-electron chi connectivity index (χ2n) is 3.53. The van der Waals surface area contributed by atoms with Gasteiger partial charge in [0.25, 0.3) is 11.9 Å². The molecule has 98 valence electrons. The molecule has 0 unspecified atom stereocenters. The predicted molar refractivity (Wildman–Crippen MR) is 75.1 cm³/mol. The zero-order valence-corrected chi connectivity index (χ0v) is 12.0. The number of allylic oxidation sites excluding steroid dienone is 1. The van der Waals surface area contributed by atoms with E-state index < -0.39 is 5.91 Å². The number of halogens is 2. The highest BCUT2D eigenvalue weighted by Gasteiger charge is 2.13. The minimum atomic E-state index is -0.399. The van der Waals surface area contributed by atoms with E-state index in [1.165, 1.54) is 4.80 Å². The highest BCUT2D eigenvalue weighted by Crippen LogP contribution is 2.21. The fraction of sp³-hybridized carbons (Fsp3) is 0.0909. The molecule has 0 radical (unpaired) electrons. The van der Waals surface area contributed by atoms with Gasteiger partial charge in [-0.1, -0.05) is 38.7 Å². The molecule has 0 bridgehead atoms. The van der Waals surface area contributed by atoms with Crippen LogP contribution in [0.3, 0.4) is 0 Å². The fourth-order valence-corrected chi connectivity index (χ4v) is 1.89. The van der Waals surface area contributed by atoms with E-state index in [4.69, 9.17) is 11.6 Å². The summed E-state index contributed by atoms with van der Waals surface area (Å²) in [7, 11) is 0. The van der Waals surface area contributed by atoms with Crippen molar-refractivity contribution >= 4 is 39.4 Å². The summed E-state index contributed by atoms with van der Waals surface area (Å²) in [6, 6.07) is 4.99. The number of carbonyl (C=O) groups excluding carboxylic acids is 1. The van der Waals surface area contributed by atoms with Crippen molar-refractivity contribution in [1.29, 1.82) is 0 Å². The van der Waals surface area contributed by atoms with Crippen LogP contribution in [0.25, 0.3) is 0 Å². The van der Waals surface area contributed by atoms with Crippen molar-refractivity contribution in [2.45, 2.75) is 6.54 Å². The minimum absolute atomic E-state index is 0.114. The Balaban J connectivity index is 2.15. The van der Waals surface area contributed by atoms with Gasteiger partial charge in [0.05, 0.1) is 17.1 Å². The SMILES string of the molecule is C=CCn1nnc(NC(=O)c2cc(Br)ccc2Cl)n1. The number of nitrogens with one attached hydrogen (secondary N) is 1. The van der Waals surface area contributed by atoms with Crippen LogP contribution >= 0.6 is 27.5 Å². The zero-order valence-electron chi connectivity index (χ0n) is 9.68. The lowest BCUT2D eigenvalue weighted by Gasteiger charge is -2.03. The Morgan fingerprint density at radius 3 is 3.11 bits per heavy atom. The molecule has 0 spiro atoms. The van der Waals surface area contributed by atoms with Crippen LogP contribution in [0.4, 0.5) is 5.95 Å². The Morgan fingerprint density at radius 1 is 1.58 bits per heavy atom. The Labute approximate surface area is 122 Å². The Morgan fingerprint density at radius 2 is 2.37 bits per heavy atom. The molecule has 8 heteroatoms. The van der Waals surface area contributed by atoms with E-state index in [9.17, 15) is 4.79 Å². The molecular formula is C11H9BrClN5O. The second-order valence-corrected chi connectivity index (χ2v) is 4.86. The summed E-state index contributed by atoms with van der Waals surface area (Å²) in [5.74, 6) is -0.285. The molecule has 0 aliphatic heterocycles. The quantitative estimate of drug-likeness (QED) is 0.867. The molecular weight excluding hydrogens is 334 g/mol. The van der Waals surface area contributed by atoms with Gasteiger partial charge in [0.1, 0.15) is 0 Å². The normalized spacial score (nSPS) is 10.2. The van der Waals surface area contributed by atoms with Gasteiger partial charge in [-0.05, 0) is 23.4 Å². The van der Waals surface area contributed by atoms with E-state index in [0.717, 1.165) is 4.47 Å². The van der Waals surface area contributed by atoms with E-state index in [0.29, 0.717) is 17.1 Å². The summed E-state index contributed by atoms with van der Waals surface area (Å²) >= 11 is 9.23. The maximum atomic E-state index is 12.0. The summed E-state index contributed by atoms with van der Waals surface area (Å²) in [6.45, 7) is 3.97. The van der Waals surface area contributed by atoms with Gasteiger partial charge < -0.3 is 0 Å². The van der Waals surface area contributed by atoms with Crippen LogP contribution in [0.1, 0.15) is 10.4 Å². The van der Waals surface area contributed by atoms with Crippen LogP contribution in [-0.4, -0.2) is 26.1 Å². The van der Waals surface area contributed by atoms with Crippen molar-refractivity contribution in [1.82, 2.24) is 20.2 Å². The van der Waals surface area contributed by atoms with Gasteiger partial charge in [-0.15, -0.1) is 11.7 Å². The molecule has 0 saturated carbocycles. The van der Waals surface area contributed by atoms with Crippen LogP contribution in [0.15, 0.2) is 35.3 Å². The average molecular weight is 343 g/mol. The Bertz CT molecular complexity index is 627. The van der Waals surface area contributed by atoms with Crippen LogP contribution in [0, 0.1) is 0 Å². The van der Waals surface area contributed by atoms with Gasteiger partial charge in [0.15, 0.2) is 0 Å². The lowest BCUT2D eigenvalue weighted by atomic mass is 10.2. The number of hydrogen-bond acceptors (Lipinski definition) is 4. The largest absolute Gasteiger partial charge is 0.288 e. The summed E-state index contributed by atoms with van der Waals surface area (Å²) in [6.07, 6.45) is 1.62. The fourth-order valence-electron chi connectivity index (χ4n) is 1.33. The molecule has 19 heavy (non-hydrogen) atoms. The molecule has 0 atom stereocenters. The van der Waals surface area contributed by atoms with E-state index in [-0.39, 0.29) is 5.95 Å². The first-order valence-corrected chi connectivity index (χ1v) is 6.42. The van der Waals surface area contributed by atoms with Crippen LogP contribution < -0.4 is 5.32 Å². The first kappa shape index (κ1) is 13.7. The topological polar surface area (TPSA) is 72.7 Å². The Kier molecular flexibility index (Phi) is 4.28. The van der Waals surface area contributed by atoms with E-state index in [1.807, 2.05) is 0 Å². The highest BCUT2D eigenvalue weighted by atomic mass is 79.9. The third kappa shape index (κ3) is 3.39. The summed E-state index contributed by atoms with van der Waals surface area (Å²) in [5.41, 5.74) is 0.330. The predicted octanol–water partition coefficient (Wildman–Crippen LogP) is 2.53. The molecule has 1 aromatic heterocycles. The maximum absolute atomic E-state index is 12.0. The number of aromatic nitrogens is 4. The number of rotatable bonds is 4. The molecule has 1 heterocycles. The highest BCUT2D eigenvalue weighted by molar-refractivity contribution is 9.10. The van der Waals surface area contributed by atoms with E-state index >= 15 is 0 Å². The second kappa shape index (κ2) is 5.94. The van der Waals surface area contributed by atoms with Crippen molar-refractivity contribution in [2.75, 3.05) is 5.32 Å². The molecule has 1 aromatic carbocycles. The first-order valence-electron chi connectivity index (χ1n) is 5.25. The van der Waals surface area contributed by atoms with Gasteiger partial charge in [-0.25, -0.2) is 0 Å². The average Bonchev–Trinajstić information content (AvgIpc) is 2.80. The molecule has 0 fully saturated rings. The van der Waals surface area contributed by atoms with Crippen LogP contribution in [0.2, 0.25) is 5.02 Å². The van der Waals surface area contributed by atoms with Gasteiger partial charge >= 0.3 is 0 Å². The van der Waals surface area contributed by atoms with Crippen molar-refractivity contribution in [3.05, 3.63) is 45.9 Å². The van der Waals surface area contributed by atoms with Gasteiger partial charge in [0.2, 0.25) is 0 Å². The number of carbonyl (C=O) groups is 1. The molecule has 0 aliphatic carbocycles. The molecule has 0 aliphatic rings. The number of tetrazole rings is 1. The van der Waals surface area contributed by atoms with E-state index in [1.54, 1.807) is 24.3 Å². The van der Waals surface area contributed by atoms with Crippen molar-refractivity contribution in [3.8, 4) is 0 Å². The number of amides is 1. The van der Waals surface area contributed by atoms with Gasteiger partial charge in [-0.3, -0.25) is 10.1 Å². The van der Waals surface area contributed by atoms with Gasteiger partial charge in [0, 0.05) is 4.47 Å². The lowest BCUT2D eigenvalue weighted by molar-refractivity contribution is 0.102. The number of nitrogens with zero attached hydrogens (tertiary/aromatic N) is 4. The van der Waals surface area contributed by atoms with Crippen molar-refractivity contribution in [3.63, 3.8) is 0 Å². The number of benzene rings is 1. The Hall–Kier alpha value is -1.73. The smallest absolute Gasteiger partial charge is 0.270 e. The standard InChI is InChI=1S/C11H9BrClN5O/c1-2-5-18-16-11(15-17-18)14-10(19)8-6-7(12)3-4-9(8)13/h2-4,6H,1,5H2,(H,14,16,19). The summed E-state index contributed by atoms with van der Waals surface area (Å²) in [4.78, 5) is 13.3. The van der Waals surface area contributed by atoms with Crippen LogP contribution in [0.5, 0.6) is 0 Å². The van der Waals surface area contributed by atoms with Crippen LogP contribution in [-0.2, 0) is 6.54 Å². The van der Waals surface area contributed by atoms with E-state index in [2.05, 4.69) is 43.2 Å². The third-order valence-electron chi connectivity index (χ3n) is 2.14. The first-order chi connectivity index (χ1) is 9.10. The van der Waals surface area contributed by atoms with Crippen molar-refractivity contribution < 1.29 is 4.79 Å². The molecule has 2 rings (SSSR count). The molecule has 1 N–H and O–H groups in total.